The molecule has 1 amide bonds. The van der Waals surface area contributed by atoms with Crippen LogP contribution in [-0.4, -0.2) is 34.5 Å². The molecule has 9 nitrogen and oxygen atoms in total. The molecule has 2 aromatic rings. The molecule has 1 N–H and O–H groups in total. The quantitative estimate of drug-likeness (QED) is 0.410. The fourth-order valence-electron chi connectivity index (χ4n) is 2.74. The molecule has 0 aliphatic heterocycles. The van der Waals surface area contributed by atoms with Crippen LogP contribution in [0.2, 0.25) is 0 Å². The molecule has 0 atom stereocenters. The number of hydrogen-bond acceptors (Lipinski definition) is 6. The number of amides is 1. The second kappa shape index (κ2) is 9.45. The van der Waals surface area contributed by atoms with Gasteiger partial charge in [-0.1, -0.05) is 18.2 Å². The van der Waals surface area contributed by atoms with Gasteiger partial charge in [0.15, 0.2) is 0 Å². The van der Waals surface area contributed by atoms with E-state index >= 15 is 0 Å². The summed E-state index contributed by atoms with van der Waals surface area (Å²) in [5.74, 6) is -1.93. The van der Waals surface area contributed by atoms with Crippen LogP contribution in [0.25, 0.3) is 0 Å². The number of non-ortho nitro benzene ring substituents is 1. The number of aromatic carboxylic acids is 1. The molecule has 0 unspecified atom stereocenters. The smallest absolute Gasteiger partial charge is 0.336 e. The highest BCUT2D eigenvalue weighted by atomic mass is 16.6. The number of nitro benzene ring substituents is 1. The highest BCUT2D eigenvalue weighted by Gasteiger charge is 2.18. The summed E-state index contributed by atoms with van der Waals surface area (Å²) < 4.78 is 4.86. The highest BCUT2D eigenvalue weighted by molar-refractivity contribution is 5.95. The molecule has 0 saturated heterocycles. The number of nitrogens with zero attached hydrogens (tertiary/aromatic N) is 2. The average molecular weight is 400 g/mol. The Morgan fingerprint density at radius 2 is 1.76 bits per heavy atom. The van der Waals surface area contributed by atoms with Gasteiger partial charge in [0.05, 0.1) is 23.6 Å². The van der Waals surface area contributed by atoms with E-state index in [1.54, 1.807) is 24.3 Å². The van der Waals surface area contributed by atoms with Crippen LogP contribution in [0.1, 0.15) is 35.3 Å². The first-order chi connectivity index (χ1) is 13.7. The largest absolute Gasteiger partial charge is 0.478 e. The molecule has 0 aliphatic rings. The maximum atomic E-state index is 12.1. The summed E-state index contributed by atoms with van der Waals surface area (Å²) in [4.78, 5) is 46.3. The number of anilines is 1. The first kappa shape index (κ1) is 21.5. The van der Waals surface area contributed by atoms with Crippen molar-refractivity contribution in [3.63, 3.8) is 0 Å². The van der Waals surface area contributed by atoms with Gasteiger partial charge in [-0.25, -0.2) is 4.79 Å². The first-order valence-corrected chi connectivity index (χ1v) is 8.70. The summed E-state index contributed by atoms with van der Waals surface area (Å²) in [6, 6.07) is 10.3. The number of hydrogen-bond donors (Lipinski definition) is 1. The molecule has 0 aliphatic carbocycles. The Kier molecular flexibility index (Phi) is 7.02. The number of benzene rings is 2. The fraction of sp³-hybridized carbons (Fsp3) is 0.250. The van der Waals surface area contributed by atoms with Gasteiger partial charge < -0.3 is 14.7 Å². The van der Waals surface area contributed by atoms with Crippen molar-refractivity contribution in [1.29, 1.82) is 0 Å². The number of ether oxygens (including phenoxy) is 1. The normalized spacial score (nSPS) is 10.3. The number of carbonyl (C=O) groups is 3. The van der Waals surface area contributed by atoms with Crippen molar-refractivity contribution in [3.05, 3.63) is 69.3 Å². The van der Waals surface area contributed by atoms with Gasteiger partial charge in [-0.15, -0.1) is 0 Å². The molecule has 2 aromatic carbocycles. The molecule has 0 spiro atoms. The van der Waals surface area contributed by atoms with Crippen LogP contribution in [0.5, 0.6) is 0 Å². The standard InChI is InChI=1S/C20H20N2O7/c1-13(23)21(12-15-3-6-17(7-4-15)22(27)28)18-8-5-16(9-10-29-14(2)24)19(11-18)20(25)26/h3-8,11H,9-10,12H2,1-2H3,(H,25,26). The monoisotopic (exact) mass is 400 g/mol. The molecule has 9 heteroatoms. The third-order valence-corrected chi connectivity index (χ3v) is 4.18. The number of carboxylic acids is 1. The molecule has 0 saturated carbocycles. The minimum Gasteiger partial charge on any atom is -0.478 e. The molecule has 0 aromatic heterocycles. The number of carboxylic acid groups (broad SMARTS) is 1. The van der Waals surface area contributed by atoms with Crippen molar-refractivity contribution in [3.8, 4) is 0 Å². The second-order valence-electron chi connectivity index (χ2n) is 6.27. The topological polar surface area (TPSA) is 127 Å². The summed E-state index contributed by atoms with van der Waals surface area (Å²) in [5, 5.41) is 20.3. The van der Waals surface area contributed by atoms with E-state index in [-0.39, 0.29) is 36.7 Å². The summed E-state index contributed by atoms with van der Waals surface area (Å²) in [5.41, 5.74) is 1.45. The zero-order valence-electron chi connectivity index (χ0n) is 16.0. The lowest BCUT2D eigenvalue weighted by Gasteiger charge is -2.22. The maximum absolute atomic E-state index is 12.1. The van der Waals surface area contributed by atoms with Crippen molar-refractivity contribution in [2.24, 2.45) is 0 Å². The van der Waals surface area contributed by atoms with Gasteiger partial charge in [0.25, 0.3) is 5.69 Å². The Balaban J connectivity index is 2.28. The molecule has 0 fully saturated rings. The van der Waals surface area contributed by atoms with Crippen molar-refractivity contribution in [2.75, 3.05) is 11.5 Å². The minimum absolute atomic E-state index is 0.00426. The molecule has 152 valence electrons. The molecular weight excluding hydrogens is 380 g/mol. The predicted molar refractivity (Wildman–Crippen MR) is 104 cm³/mol. The lowest BCUT2D eigenvalue weighted by Crippen LogP contribution is -2.28. The molecule has 29 heavy (non-hydrogen) atoms. The number of rotatable bonds is 8. The van der Waals surface area contributed by atoms with Crippen molar-refractivity contribution in [2.45, 2.75) is 26.8 Å². The Morgan fingerprint density at radius 1 is 1.10 bits per heavy atom. The van der Waals surface area contributed by atoms with E-state index in [0.29, 0.717) is 16.8 Å². The molecule has 0 bridgehead atoms. The zero-order valence-corrected chi connectivity index (χ0v) is 16.0. The van der Waals surface area contributed by atoms with E-state index in [2.05, 4.69) is 0 Å². The van der Waals surface area contributed by atoms with Crippen LogP contribution in [0.4, 0.5) is 11.4 Å². The SMILES string of the molecule is CC(=O)OCCc1ccc(N(Cc2ccc([N+](=O)[O-])cc2)C(C)=O)cc1C(=O)O. The third kappa shape index (κ3) is 5.86. The van der Waals surface area contributed by atoms with Crippen molar-refractivity contribution >= 4 is 29.2 Å². The van der Waals surface area contributed by atoms with E-state index < -0.39 is 16.9 Å². The van der Waals surface area contributed by atoms with Crippen molar-refractivity contribution < 1.29 is 29.2 Å². The Hall–Kier alpha value is -3.75. The van der Waals surface area contributed by atoms with E-state index in [9.17, 15) is 29.6 Å². The summed E-state index contributed by atoms with van der Waals surface area (Å²) in [6.07, 6.45) is 0.226. The summed E-state index contributed by atoms with van der Waals surface area (Å²) in [7, 11) is 0. The van der Waals surface area contributed by atoms with E-state index in [1.165, 1.54) is 36.9 Å². The van der Waals surface area contributed by atoms with Gasteiger partial charge >= 0.3 is 11.9 Å². The van der Waals surface area contributed by atoms with Gasteiger partial charge in [0, 0.05) is 38.1 Å². The number of esters is 1. The lowest BCUT2D eigenvalue weighted by molar-refractivity contribution is -0.384. The van der Waals surface area contributed by atoms with Crippen LogP contribution >= 0.6 is 0 Å². The van der Waals surface area contributed by atoms with Gasteiger partial charge in [-0.3, -0.25) is 19.7 Å². The van der Waals surface area contributed by atoms with Crippen LogP contribution in [-0.2, 0) is 27.3 Å². The van der Waals surface area contributed by atoms with Gasteiger partial charge in [0.1, 0.15) is 0 Å². The van der Waals surface area contributed by atoms with Gasteiger partial charge in [-0.2, -0.15) is 0 Å². The molecule has 0 heterocycles. The van der Waals surface area contributed by atoms with E-state index in [1.807, 2.05) is 0 Å². The van der Waals surface area contributed by atoms with Crippen LogP contribution in [0, 0.1) is 10.1 Å². The fourth-order valence-corrected chi connectivity index (χ4v) is 2.74. The summed E-state index contributed by atoms with van der Waals surface area (Å²) >= 11 is 0. The Bertz CT molecular complexity index is 938. The lowest BCUT2D eigenvalue weighted by atomic mass is 10.0. The molecule has 2 rings (SSSR count). The maximum Gasteiger partial charge on any atom is 0.336 e. The Labute approximate surface area is 166 Å². The van der Waals surface area contributed by atoms with E-state index in [4.69, 9.17) is 4.74 Å². The van der Waals surface area contributed by atoms with Gasteiger partial charge in [0.2, 0.25) is 5.91 Å². The number of nitro groups is 1. The minimum atomic E-state index is -1.16. The Morgan fingerprint density at radius 3 is 2.28 bits per heavy atom. The zero-order chi connectivity index (χ0) is 21.6. The summed E-state index contributed by atoms with van der Waals surface area (Å²) in [6.45, 7) is 2.79. The number of carbonyl (C=O) groups excluding carboxylic acids is 2. The van der Waals surface area contributed by atoms with Gasteiger partial charge in [-0.05, 0) is 23.3 Å². The molecule has 0 radical (unpaired) electrons. The first-order valence-electron chi connectivity index (χ1n) is 8.70. The van der Waals surface area contributed by atoms with E-state index in [0.717, 1.165) is 0 Å². The molecular formula is C20H20N2O7. The van der Waals surface area contributed by atoms with Crippen LogP contribution < -0.4 is 4.90 Å². The predicted octanol–water partition coefficient (Wildman–Crippen LogP) is 2.95. The van der Waals surface area contributed by atoms with Crippen LogP contribution in [0.3, 0.4) is 0 Å². The van der Waals surface area contributed by atoms with Crippen LogP contribution in [0.15, 0.2) is 42.5 Å². The highest BCUT2D eigenvalue weighted by Crippen LogP contribution is 2.23. The van der Waals surface area contributed by atoms with Crippen molar-refractivity contribution in [1.82, 2.24) is 0 Å². The average Bonchev–Trinajstić information content (AvgIpc) is 2.66. The third-order valence-electron chi connectivity index (χ3n) is 4.18. The second-order valence-corrected chi connectivity index (χ2v) is 6.27.